The zero-order chi connectivity index (χ0) is 31.5. The Kier molecular flexibility index (Phi) is 8.22. The van der Waals surface area contributed by atoms with E-state index >= 15 is 0 Å². The van der Waals surface area contributed by atoms with Gasteiger partial charge in [0.05, 0.1) is 29.2 Å². The molecule has 5 aromatic rings. The number of carbonyl (C=O) groups is 3. The average molecular weight is 612 g/mol. The zero-order valence-electron chi connectivity index (χ0n) is 24.7. The number of aromatic nitrogens is 1. The molecule has 7 nitrogen and oxygen atoms in total. The van der Waals surface area contributed by atoms with E-state index in [9.17, 15) is 14.4 Å². The SMILES string of the molecule is CCOC(=O)c1ccc(-n2c(-c3ccccc3)cc(/C=C3/C(=O)NC(=S)N(c4ccccc4C)C3=O)c2-c2ccccc2)cc1. The van der Waals surface area contributed by atoms with Crippen LogP contribution < -0.4 is 10.2 Å². The number of aryl methyl sites for hydroxylation is 1. The van der Waals surface area contributed by atoms with Crippen LogP contribution in [0.2, 0.25) is 0 Å². The van der Waals surface area contributed by atoms with Crippen molar-refractivity contribution in [1.82, 2.24) is 9.88 Å². The van der Waals surface area contributed by atoms with Crippen LogP contribution in [-0.2, 0) is 14.3 Å². The molecular weight excluding hydrogens is 582 g/mol. The topological polar surface area (TPSA) is 80.6 Å². The van der Waals surface area contributed by atoms with Crippen LogP contribution in [0.5, 0.6) is 0 Å². The second kappa shape index (κ2) is 12.6. The Labute approximate surface area is 266 Å². The molecule has 1 aromatic heterocycles. The summed E-state index contributed by atoms with van der Waals surface area (Å²) in [7, 11) is 0. The Bertz CT molecular complexity index is 1960. The molecule has 1 N–H and O–H groups in total. The lowest BCUT2D eigenvalue weighted by Gasteiger charge is -2.30. The van der Waals surface area contributed by atoms with E-state index in [4.69, 9.17) is 17.0 Å². The Morgan fingerprint density at radius 3 is 2.11 bits per heavy atom. The van der Waals surface area contributed by atoms with Gasteiger partial charge in [0.15, 0.2) is 5.11 Å². The first kappa shape index (κ1) is 29.5. The second-order valence-electron chi connectivity index (χ2n) is 10.4. The number of nitrogens with one attached hydrogen (secondary N) is 1. The van der Waals surface area contributed by atoms with Gasteiger partial charge < -0.3 is 9.30 Å². The highest BCUT2D eigenvalue weighted by Crippen LogP contribution is 2.38. The summed E-state index contributed by atoms with van der Waals surface area (Å²) in [6.45, 7) is 3.94. The van der Waals surface area contributed by atoms with Crippen molar-refractivity contribution in [1.29, 1.82) is 0 Å². The fourth-order valence-electron chi connectivity index (χ4n) is 5.43. The molecule has 0 atom stereocenters. The molecule has 1 fully saturated rings. The fraction of sp³-hybridized carbons (Fsp3) is 0.0811. The molecular formula is C37H29N3O4S. The number of para-hydroxylation sites is 1. The smallest absolute Gasteiger partial charge is 0.338 e. The molecule has 45 heavy (non-hydrogen) atoms. The van der Waals surface area contributed by atoms with Crippen LogP contribution in [0.4, 0.5) is 5.69 Å². The number of ether oxygens (including phenoxy) is 1. The van der Waals surface area contributed by atoms with Crippen LogP contribution in [0.3, 0.4) is 0 Å². The number of thiocarbonyl (C=S) groups is 1. The minimum atomic E-state index is -0.568. The van der Waals surface area contributed by atoms with Gasteiger partial charge in [-0.1, -0.05) is 78.9 Å². The maximum absolute atomic E-state index is 14.0. The maximum atomic E-state index is 14.0. The highest BCUT2D eigenvalue weighted by atomic mass is 32.1. The number of rotatable bonds is 7. The molecule has 2 heterocycles. The van der Waals surface area contributed by atoms with E-state index in [0.29, 0.717) is 16.8 Å². The van der Waals surface area contributed by atoms with E-state index in [1.165, 1.54) is 4.90 Å². The second-order valence-corrected chi connectivity index (χ2v) is 10.8. The van der Waals surface area contributed by atoms with Gasteiger partial charge in [0.2, 0.25) is 0 Å². The van der Waals surface area contributed by atoms with Gasteiger partial charge in [0.25, 0.3) is 11.8 Å². The van der Waals surface area contributed by atoms with Gasteiger partial charge in [-0.2, -0.15) is 0 Å². The number of carbonyl (C=O) groups excluding carboxylic acids is 3. The predicted molar refractivity (Wildman–Crippen MR) is 180 cm³/mol. The van der Waals surface area contributed by atoms with Gasteiger partial charge in [-0.05, 0) is 85.2 Å². The molecule has 4 aromatic carbocycles. The predicted octanol–water partition coefficient (Wildman–Crippen LogP) is 7.13. The standard InChI is InChI=1S/C37H29N3O4S/c1-3-44-36(43)27-18-20-29(21-19-27)39-32(25-13-6-4-7-14-25)23-28(33(39)26-15-8-5-9-16-26)22-30-34(41)38-37(45)40(35(30)42)31-17-11-10-12-24(31)2/h4-23H,3H2,1-2H3,(H,38,41,45)/b30-22-. The largest absolute Gasteiger partial charge is 0.462 e. The highest BCUT2D eigenvalue weighted by molar-refractivity contribution is 7.80. The van der Waals surface area contributed by atoms with Crippen LogP contribution in [0, 0.1) is 6.92 Å². The van der Waals surface area contributed by atoms with E-state index in [1.54, 1.807) is 31.2 Å². The highest BCUT2D eigenvalue weighted by Gasteiger charge is 2.35. The lowest BCUT2D eigenvalue weighted by atomic mass is 10.0. The third-order valence-corrected chi connectivity index (χ3v) is 7.83. The summed E-state index contributed by atoms with van der Waals surface area (Å²) in [6, 6.07) is 36.2. The molecule has 1 saturated heterocycles. The molecule has 8 heteroatoms. The van der Waals surface area contributed by atoms with Crippen molar-refractivity contribution in [3.8, 4) is 28.2 Å². The molecule has 0 bridgehead atoms. The van der Waals surface area contributed by atoms with Crippen molar-refractivity contribution in [2.24, 2.45) is 0 Å². The summed E-state index contributed by atoms with van der Waals surface area (Å²) in [4.78, 5) is 41.1. The first-order chi connectivity index (χ1) is 21.9. The Hall–Kier alpha value is -5.60. The number of esters is 1. The van der Waals surface area contributed by atoms with Gasteiger partial charge in [-0.3, -0.25) is 19.8 Å². The minimum absolute atomic E-state index is 0.0315. The van der Waals surface area contributed by atoms with Crippen LogP contribution in [0.15, 0.2) is 121 Å². The molecule has 1 aliphatic heterocycles. The van der Waals surface area contributed by atoms with E-state index in [1.807, 2.05) is 104 Å². The van der Waals surface area contributed by atoms with Gasteiger partial charge in [-0.25, -0.2) is 4.79 Å². The molecule has 1 aliphatic rings. The summed E-state index contributed by atoms with van der Waals surface area (Å²) < 4.78 is 7.26. The molecule has 0 radical (unpaired) electrons. The summed E-state index contributed by atoms with van der Waals surface area (Å²) in [5, 5.41) is 2.74. The van der Waals surface area contributed by atoms with Crippen molar-refractivity contribution in [2.75, 3.05) is 11.5 Å². The summed E-state index contributed by atoms with van der Waals surface area (Å²) in [6.07, 6.45) is 1.63. The van der Waals surface area contributed by atoms with E-state index in [0.717, 1.165) is 33.8 Å². The monoisotopic (exact) mass is 611 g/mol. The number of anilines is 1. The van der Waals surface area contributed by atoms with Gasteiger partial charge in [0, 0.05) is 11.3 Å². The molecule has 0 aliphatic carbocycles. The van der Waals surface area contributed by atoms with Crippen molar-refractivity contribution in [2.45, 2.75) is 13.8 Å². The van der Waals surface area contributed by atoms with Gasteiger partial charge in [-0.15, -0.1) is 0 Å². The minimum Gasteiger partial charge on any atom is -0.462 e. The van der Waals surface area contributed by atoms with Crippen molar-refractivity contribution >= 4 is 46.9 Å². The van der Waals surface area contributed by atoms with Crippen molar-refractivity contribution < 1.29 is 19.1 Å². The van der Waals surface area contributed by atoms with Crippen LogP contribution in [0.1, 0.15) is 28.4 Å². The zero-order valence-corrected chi connectivity index (χ0v) is 25.5. The number of benzene rings is 4. The molecule has 0 spiro atoms. The number of hydrogen-bond donors (Lipinski definition) is 1. The molecule has 0 saturated carbocycles. The first-order valence-corrected chi connectivity index (χ1v) is 14.9. The normalized spacial score (nSPS) is 14.0. The lowest BCUT2D eigenvalue weighted by Crippen LogP contribution is -2.54. The number of nitrogens with zero attached hydrogens (tertiary/aromatic N) is 2. The third kappa shape index (κ3) is 5.71. The Balaban J connectivity index is 1.58. The van der Waals surface area contributed by atoms with Gasteiger partial charge >= 0.3 is 5.97 Å². The third-order valence-electron chi connectivity index (χ3n) is 7.54. The van der Waals surface area contributed by atoms with E-state index in [2.05, 4.69) is 9.88 Å². The van der Waals surface area contributed by atoms with Crippen LogP contribution in [0.25, 0.3) is 34.3 Å². The quantitative estimate of drug-likeness (QED) is 0.0917. The van der Waals surface area contributed by atoms with Crippen molar-refractivity contribution in [3.05, 3.63) is 138 Å². The number of amides is 2. The van der Waals surface area contributed by atoms with E-state index < -0.39 is 17.8 Å². The summed E-state index contributed by atoms with van der Waals surface area (Å²) in [5.74, 6) is -1.47. The lowest BCUT2D eigenvalue weighted by molar-refractivity contribution is -0.122. The summed E-state index contributed by atoms with van der Waals surface area (Å²) >= 11 is 5.45. The molecule has 222 valence electrons. The number of hydrogen-bond acceptors (Lipinski definition) is 5. The maximum Gasteiger partial charge on any atom is 0.338 e. The van der Waals surface area contributed by atoms with Crippen LogP contribution >= 0.6 is 12.2 Å². The first-order valence-electron chi connectivity index (χ1n) is 14.5. The molecule has 0 unspecified atom stereocenters. The van der Waals surface area contributed by atoms with E-state index in [-0.39, 0.29) is 17.3 Å². The van der Waals surface area contributed by atoms with Crippen LogP contribution in [-0.4, -0.2) is 34.1 Å². The molecule has 2 amide bonds. The molecule has 6 rings (SSSR count). The fourth-order valence-corrected chi connectivity index (χ4v) is 5.70. The Morgan fingerprint density at radius 1 is 0.844 bits per heavy atom. The van der Waals surface area contributed by atoms with Crippen molar-refractivity contribution in [3.63, 3.8) is 0 Å². The average Bonchev–Trinajstić information content (AvgIpc) is 3.44. The van der Waals surface area contributed by atoms with Gasteiger partial charge in [0.1, 0.15) is 5.57 Å². The Morgan fingerprint density at radius 2 is 1.47 bits per heavy atom. The summed E-state index contributed by atoms with van der Waals surface area (Å²) in [5.41, 5.74) is 6.68.